The van der Waals surface area contributed by atoms with Gasteiger partial charge in [0.05, 0.1) is 25.5 Å². The van der Waals surface area contributed by atoms with Crippen molar-refractivity contribution in [2.45, 2.75) is 26.0 Å². The van der Waals surface area contributed by atoms with E-state index in [0.29, 0.717) is 19.2 Å². The van der Waals surface area contributed by atoms with Crippen molar-refractivity contribution >= 4 is 0 Å². The summed E-state index contributed by atoms with van der Waals surface area (Å²) < 4.78 is 7.25. The van der Waals surface area contributed by atoms with Crippen molar-refractivity contribution in [2.24, 2.45) is 5.73 Å². The molecule has 0 aliphatic carbocycles. The zero-order valence-corrected chi connectivity index (χ0v) is 9.26. The van der Waals surface area contributed by atoms with Gasteiger partial charge in [0, 0.05) is 24.3 Å². The Morgan fingerprint density at radius 3 is 2.80 bits per heavy atom. The van der Waals surface area contributed by atoms with Crippen LogP contribution in [0.5, 0.6) is 0 Å². The monoisotopic (exact) mass is 213 g/mol. The minimum atomic E-state index is -0.176. The van der Waals surface area contributed by atoms with Crippen LogP contribution in [0, 0.1) is 0 Å². The van der Waals surface area contributed by atoms with Crippen LogP contribution in [0.2, 0.25) is 0 Å². The largest absolute Gasteiger partial charge is 0.394 e. The van der Waals surface area contributed by atoms with Crippen LogP contribution in [0.25, 0.3) is 0 Å². The lowest BCUT2D eigenvalue weighted by atomic mass is 10.2. The van der Waals surface area contributed by atoms with Crippen LogP contribution in [0.3, 0.4) is 0 Å². The second-order valence-electron chi connectivity index (χ2n) is 3.67. The molecule has 0 radical (unpaired) electrons. The summed E-state index contributed by atoms with van der Waals surface area (Å²) in [6.07, 6.45) is 3.51. The topological polar surface area (TPSA) is 73.3 Å². The summed E-state index contributed by atoms with van der Waals surface area (Å²) in [7, 11) is 0. The van der Waals surface area contributed by atoms with E-state index in [1.165, 1.54) is 0 Å². The first-order valence-corrected chi connectivity index (χ1v) is 5.15. The number of nitrogens with two attached hydrogens (primary N) is 1. The van der Waals surface area contributed by atoms with Gasteiger partial charge in [-0.15, -0.1) is 0 Å². The molecule has 0 amide bonds. The van der Waals surface area contributed by atoms with Gasteiger partial charge in [-0.1, -0.05) is 0 Å². The van der Waals surface area contributed by atoms with Gasteiger partial charge in [-0.05, 0) is 13.8 Å². The van der Waals surface area contributed by atoms with E-state index in [2.05, 4.69) is 18.9 Å². The third-order valence-corrected chi connectivity index (χ3v) is 2.15. The lowest BCUT2D eigenvalue weighted by Gasteiger charge is -2.13. The first-order chi connectivity index (χ1) is 7.19. The summed E-state index contributed by atoms with van der Waals surface area (Å²) >= 11 is 0. The molecule has 0 fully saturated rings. The van der Waals surface area contributed by atoms with E-state index >= 15 is 0 Å². The van der Waals surface area contributed by atoms with Gasteiger partial charge in [0.25, 0.3) is 0 Å². The second-order valence-corrected chi connectivity index (χ2v) is 3.67. The number of nitrogens with zero attached hydrogens (tertiary/aromatic N) is 2. The minimum Gasteiger partial charge on any atom is -0.394 e. The lowest BCUT2D eigenvalue weighted by Crippen LogP contribution is -2.17. The van der Waals surface area contributed by atoms with Gasteiger partial charge in [-0.3, -0.25) is 4.68 Å². The first kappa shape index (κ1) is 12.2. The third-order valence-electron chi connectivity index (χ3n) is 2.15. The molecule has 1 aromatic heterocycles. The van der Waals surface area contributed by atoms with Crippen molar-refractivity contribution in [1.82, 2.24) is 9.78 Å². The van der Waals surface area contributed by atoms with Crippen molar-refractivity contribution in [3.05, 3.63) is 18.0 Å². The molecule has 0 saturated carbocycles. The number of aliphatic hydroxyl groups excluding tert-OH is 1. The molecule has 15 heavy (non-hydrogen) atoms. The predicted octanol–water partition coefficient (Wildman–Crippen LogP) is 0.473. The molecule has 3 N–H and O–H groups in total. The van der Waals surface area contributed by atoms with E-state index in [4.69, 9.17) is 15.6 Å². The van der Waals surface area contributed by atoms with Crippen molar-refractivity contribution in [3.63, 3.8) is 0 Å². The number of aliphatic hydroxyl groups is 1. The van der Waals surface area contributed by atoms with Gasteiger partial charge < -0.3 is 15.6 Å². The standard InChI is InChI=1S/C10H19N3O2/c1-8(2)13-7-9(6-12-13)10(5-11)15-4-3-14/h6-8,10,14H,3-5,11H2,1-2H3. The molecule has 0 bridgehead atoms. The lowest BCUT2D eigenvalue weighted by molar-refractivity contribution is 0.0328. The zero-order chi connectivity index (χ0) is 11.3. The van der Waals surface area contributed by atoms with E-state index in [0.717, 1.165) is 5.56 Å². The highest BCUT2D eigenvalue weighted by atomic mass is 16.5. The van der Waals surface area contributed by atoms with E-state index in [-0.39, 0.29) is 12.7 Å². The maximum Gasteiger partial charge on any atom is 0.0978 e. The molecule has 0 aliphatic heterocycles. The van der Waals surface area contributed by atoms with E-state index < -0.39 is 0 Å². The number of hydrogen-bond acceptors (Lipinski definition) is 4. The van der Waals surface area contributed by atoms with Crippen LogP contribution in [-0.4, -0.2) is 34.6 Å². The van der Waals surface area contributed by atoms with E-state index in [1.807, 2.05) is 10.9 Å². The van der Waals surface area contributed by atoms with Crippen LogP contribution in [-0.2, 0) is 4.74 Å². The van der Waals surface area contributed by atoms with Crippen LogP contribution < -0.4 is 5.73 Å². The fourth-order valence-corrected chi connectivity index (χ4v) is 1.30. The zero-order valence-electron chi connectivity index (χ0n) is 9.26. The van der Waals surface area contributed by atoms with Gasteiger partial charge in [0.1, 0.15) is 0 Å². The quantitative estimate of drug-likeness (QED) is 0.720. The van der Waals surface area contributed by atoms with Crippen molar-refractivity contribution in [1.29, 1.82) is 0 Å². The molecular weight excluding hydrogens is 194 g/mol. The number of ether oxygens (including phenoxy) is 1. The molecule has 1 aromatic rings. The van der Waals surface area contributed by atoms with Crippen molar-refractivity contribution in [3.8, 4) is 0 Å². The van der Waals surface area contributed by atoms with E-state index in [9.17, 15) is 0 Å². The van der Waals surface area contributed by atoms with Gasteiger partial charge in [0.15, 0.2) is 0 Å². The van der Waals surface area contributed by atoms with Crippen molar-refractivity contribution in [2.75, 3.05) is 19.8 Å². The fourth-order valence-electron chi connectivity index (χ4n) is 1.30. The second kappa shape index (κ2) is 5.85. The Kier molecular flexibility index (Phi) is 4.74. The van der Waals surface area contributed by atoms with Crippen LogP contribution in [0.1, 0.15) is 31.6 Å². The van der Waals surface area contributed by atoms with Crippen molar-refractivity contribution < 1.29 is 9.84 Å². The summed E-state index contributed by atoms with van der Waals surface area (Å²) in [5, 5.41) is 12.9. The van der Waals surface area contributed by atoms with Crippen LogP contribution in [0.15, 0.2) is 12.4 Å². The molecule has 1 heterocycles. The minimum absolute atomic E-state index is 0.00875. The van der Waals surface area contributed by atoms with Gasteiger partial charge in [-0.25, -0.2) is 0 Å². The molecule has 0 saturated heterocycles. The van der Waals surface area contributed by atoms with E-state index in [1.54, 1.807) is 6.20 Å². The average Bonchev–Trinajstić information content (AvgIpc) is 2.68. The highest BCUT2D eigenvalue weighted by Crippen LogP contribution is 2.16. The SMILES string of the molecule is CC(C)n1cc(C(CN)OCCO)cn1. The summed E-state index contributed by atoms with van der Waals surface area (Å²) in [4.78, 5) is 0. The Bertz CT molecular complexity index is 286. The van der Waals surface area contributed by atoms with Crippen LogP contribution >= 0.6 is 0 Å². The Hall–Kier alpha value is -0.910. The fraction of sp³-hybridized carbons (Fsp3) is 0.700. The molecular formula is C10H19N3O2. The average molecular weight is 213 g/mol. The Labute approximate surface area is 89.8 Å². The number of rotatable bonds is 6. The van der Waals surface area contributed by atoms with Crippen LogP contribution in [0.4, 0.5) is 0 Å². The molecule has 0 aliphatic rings. The molecule has 0 spiro atoms. The first-order valence-electron chi connectivity index (χ1n) is 5.15. The summed E-state index contributed by atoms with van der Waals surface area (Å²) in [6, 6.07) is 0.329. The molecule has 0 aromatic carbocycles. The summed E-state index contributed by atoms with van der Waals surface area (Å²) in [5.74, 6) is 0. The third kappa shape index (κ3) is 3.30. The molecule has 1 atom stereocenters. The molecule has 5 nitrogen and oxygen atoms in total. The number of hydrogen-bond donors (Lipinski definition) is 2. The van der Waals surface area contributed by atoms with Gasteiger partial charge >= 0.3 is 0 Å². The smallest absolute Gasteiger partial charge is 0.0978 e. The molecule has 1 unspecified atom stereocenters. The Balaban J connectivity index is 2.65. The predicted molar refractivity (Wildman–Crippen MR) is 57.4 cm³/mol. The maximum absolute atomic E-state index is 8.66. The highest BCUT2D eigenvalue weighted by Gasteiger charge is 2.12. The normalized spacial score (nSPS) is 13.4. The summed E-state index contributed by atoms with van der Waals surface area (Å²) in [6.45, 7) is 4.82. The van der Waals surface area contributed by atoms with Gasteiger partial charge in [-0.2, -0.15) is 5.10 Å². The molecule has 5 heteroatoms. The summed E-state index contributed by atoms with van der Waals surface area (Å²) in [5.41, 5.74) is 6.55. The highest BCUT2D eigenvalue weighted by molar-refractivity contribution is 5.09. The molecule has 86 valence electrons. The van der Waals surface area contributed by atoms with Gasteiger partial charge in [0.2, 0.25) is 0 Å². The number of aromatic nitrogens is 2. The Morgan fingerprint density at radius 1 is 1.60 bits per heavy atom. The Morgan fingerprint density at radius 2 is 2.33 bits per heavy atom. The maximum atomic E-state index is 8.66. The molecule has 1 rings (SSSR count).